The van der Waals surface area contributed by atoms with E-state index in [1.807, 2.05) is 6.92 Å². The molecular weight excluding hydrogens is 256 g/mol. The molecule has 0 aliphatic carbocycles. The molecule has 0 unspecified atom stereocenters. The zero-order valence-corrected chi connectivity index (χ0v) is 12.3. The standard InChI is InChI=1S/C14H20N4S/c1-12-16-17-14(19-12)15-9-6-10-18(2)11-13-7-4-3-5-8-13/h3-5,7-8H,6,9-11H2,1-2H3,(H,15,17). The van der Waals surface area contributed by atoms with Gasteiger partial charge in [-0.25, -0.2) is 0 Å². The van der Waals surface area contributed by atoms with Crippen LogP contribution < -0.4 is 5.32 Å². The predicted molar refractivity (Wildman–Crippen MR) is 80.5 cm³/mol. The van der Waals surface area contributed by atoms with Gasteiger partial charge in [0.2, 0.25) is 5.13 Å². The van der Waals surface area contributed by atoms with Crippen molar-refractivity contribution in [1.29, 1.82) is 0 Å². The van der Waals surface area contributed by atoms with Gasteiger partial charge in [0.15, 0.2) is 0 Å². The number of benzene rings is 1. The van der Waals surface area contributed by atoms with Crippen LogP contribution >= 0.6 is 11.3 Å². The zero-order valence-electron chi connectivity index (χ0n) is 11.5. The number of aryl methyl sites for hydroxylation is 1. The maximum Gasteiger partial charge on any atom is 0.205 e. The molecule has 0 bridgehead atoms. The van der Waals surface area contributed by atoms with Crippen LogP contribution in [0.15, 0.2) is 30.3 Å². The highest BCUT2D eigenvalue weighted by molar-refractivity contribution is 7.15. The zero-order chi connectivity index (χ0) is 13.5. The first-order valence-corrected chi connectivity index (χ1v) is 7.32. The lowest BCUT2D eigenvalue weighted by molar-refractivity contribution is 0.325. The van der Waals surface area contributed by atoms with E-state index >= 15 is 0 Å². The molecule has 0 aliphatic rings. The van der Waals surface area contributed by atoms with Crippen molar-refractivity contribution in [3.8, 4) is 0 Å². The molecule has 0 aliphatic heterocycles. The highest BCUT2D eigenvalue weighted by Crippen LogP contribution is 2.13. The summed E-state index contributed by atoms with van der Waals surface area (Å²) in [6.45, 7) is 4.97. The van der Waals surface area contributed by atoms with E-state index in [1.54, 1.807) is 11.3 Å². The van der Waals surface area contributed by atoms with Crippen LogP contribution in [0.2, 0.25) is 0 Å². The number of rotatable bonds is 7. The van der Waals surface area contributed by atoms with Gasteiger partial charge in [-0.3, -0.25) is 0 Å². The summed E-state index contributed by atoms with van der Waals surface area (Å²) in [7, 11) is 2.15. The van der Waals surface area contributed by atoms with Gasteiger partial charge < -0.3 is 10.2 Å². The third-order valence-electron chi connectivity index (χ3n) is 2.81. The Morgan fingerprint density at radius 3 is 2.68 bits per heavy atom. The van der Waals surface area contributed by atoms with Gasteiger partial charge in [-0.15, -0.1) is 10.2 Å². The molecule has 2 aromatic rings. The summed E-state index contributed by atoms with van der Waals surface area (Å²) in [6.07, 6.45) is 1.10. The molecule has 19 heavy (non-hydrogen) atoms. The fraction of sp³-hybridized carbons (Fsp3) is 0.429. The molecule has 0 saturated heterocycles. The quantitative estimate of drug-likeness (QED) is 0.790. The van der Waals surface area contributed by atoms with Gasteiger partial charge in [0.25, 0.3) is 0 Å². The van der Waals surface area contributed by atoms with Gasteiger partial charge in [-0.2, -0.15) is 0 Å². The second kappa shape index (κ2) is 7.21. The molecule has 1 N–H and O–H groups in total. The lowest BCUT2D eigenvalue weighted by Crippen LogP contribution is -2.21. The largest absolute Gasteiger partial charge is 0.360 e. The highest BCUT2D eigenvalue weighted by atomic mass is 32.1. The van der Waals surface area contributed by atoms with Crippen molar-refractivity contribution in [1.82, 2.24) is 15.1 Å². The summed E-state index contributed by atoms with van der Waals surface area (Å²) in [5, 5.41) is 13.3. The molecule has 0 atom stereocenters. The maximum absolute atomic E-state index is 4.04. The van der Waals surface area contributed by atoms with Crippen molar-refractivity contribution in [2.75, 3.05) is 25.5 Å². The van der Waals surface area contributed by atoms with E-state index in [4.69, 9.17) is 0 Å². The topological polar surface area (TPSA) is 41.1 Å². The van der Waals surface area contributed by atoms with Crippen molar-refractivity contribution in [3.63, 3.8) is 0 Å². The third kappa shape index (κ3) is 4.96. The molecule has 1 aromatic carbocycles. The predicted octanol–water partition coefficient (Wildman–Crippen LogP) is 2.78. The van der Waals surface area contributed by atoms with E-state index in [0.29, 0.717) is 0 Å². The molecule has 5 heteroatoms. The van der Waals surface area contributed by atoms with E-state index in [1.165, 1.54) is 5.56 Å². The van der Waals surface area contributed by atoms with Crippen LogP contribution in [0, 0.1) is 6.92 Å². The van der Waals surface area contributed by atoms with Crippen LogP contribution in [0.25, 0.3) is 0 Å². The van der Waals surface area contributed by atoms with E-state index in [-0.39, 0.29) is 0 Å². The summed E-state index contributed by atoms with van der Waals surface area (Å²) in [6, 6.07) is 10.6. The van der Waals surface area contributed by atoms with Gasteiger partial charge in [-0.1, -0.05) is 41.7 Å². The van der Waals surface area contributed by atoms with Crippen LogP contribution in [0.1, 0.15) is 17.0 Å². The van der Waals surface area contributed by atoms with Gasteiger partial charge in [0, 0.05) is 13.1 Å². The van der Waals surface area contributed by atoms with Gasteiger partial charge in [0.05, 0.1) is 0 Å². The molecule has 0 spiro atoms. The van der Waals surface area contributed by atoms with Crippen molar-refractivity contribution in [2.24, 2.45) is 0 Å². The Hall–Kier alpha value is -1.46. The second-order valence-corrected chi connectivity index (χ2v) is 5.81. The number of hydrogen-bond acceptors (Lipinski definition) is 5. The Kier molecular flexibility index (Phi) is 5.30. The van der Waals surface area contributed by atoms with Crippen molar-refractivity contribution >= 4 is 16.5 Å². The molecule has 0 saturated carbocycles. The Balaban J connectivity index is 1.63. The van der Waals surface area contributed by atoms with E-state index in [2.05, 4.69) is 57.8 Å². The average Bonchev–Trinajstić information content (AvgIpc) is 2.82. The smallest absolute Gasteiger partial charge is 0.205 e. The van der Waals surface area contributed by atoms with Crippen molar-refractivity contribution in [2.45, 2.75) is 19.9 Å². The molecule has 0 amide bonds. The Bertz CT molecular complexity index is 483. The molecule has 0 radical (unpaired) electrons. The normalized spacial score (nSPS) is 10.9. The SMILES string of the molecule is Cc1nnc(NCCCN(C)Cc2ccccc2)s1. The van der Waals surface area contributed by atoms with E-state index < -0.39 is 0 Å². The molecule has 0 fully saturated rings. The first-order chi connectivity index (χ1) is 9.24. The average molecular weight is 276 g/mol. The minimum atomic E-state index is 0.920. The lowest BCUT2D eigenvalue weighted by Gasteiger charge is -2.16. The van der Waals surface area contributed by atoms with Gasteiger partial charge in [-0.05, 0) is 32.5 Å². The monoisotopic (exact) mass is 276 g/mol. The van der Waals surface area contributed by atoms with Gasteiger partial charge >= 0.3 is 0 Å². The van der Waals surface area contributed by atoms with Gasteiger partial charge in [0.1, 0.15) is 5.01 Å². The number of nitrogens with zero attached hydrogens (tertiary/aromatic N) is 3. The van der Waals surface area contributed by atoms with E-state index in [0.717, 1.165) is 36.2 Å². The molecule has 2 rings (SSSR count). The summed E-state index contributed by atoms with van der Waals surface area (Å²) in [5.74, 6) is 0. The molecule has 4 nitrogen and oxygen atoms in total. The fourth-order valence-electron chi connectivity index (χ4n) is 1.89. The fourth-order valence-corrected chi connectivity index (χ4v) is 2.50. The van der Waals surface area contributed by atoms with Crippen LogP contribution in [-0.4, -0.2) is 35.2 Å². The lowest BCUT2D eigenvalue weighted by atomic mass is 10.2. The summed E-state index contributed by atoms with van der Waals surface area (Å²) < 4.78 is 0. The first-order valence-electron chi connectivity index (χ1n) is 6.50. The number of hydrogen-bond donors (Lipinski definition) is 1. The first kappa shape index (κ1) is 14.0. The minimum absolute atomic E-state index is 0.920. The summed E-state index contributed by atoms with van der Waals surface area (Å²) in [4.78, 5) is 2.34. The maximum atomic E-state index is 4.04. The molecular formula is C14H20N4S. The second-order valence-electron chi connectivity index (χ2n) is 4.63. The number of aromatic nitrogens is 2. The molecule has 1 heterocycles. The summed E-state index contributed by atoms with van der Waals surface area (Å²) >= 11 is 1.60. The Labute approximate surface area is 118 Å². The minimum Gasteiger partial charge on any atom is -0.360 e. The van der Waals surface area contributed by atoms with Crippen molar-refractivity contribution in [3.05, 3.63) is 40.9 Å². The third-order valence-corrected chi connectivity index (χ3v) is 3.61. The Morgan fingerprint density at radius 1 is 1.21 bits per heavy atom. The van der Waals surface area contributed by atoms with E-state index in [9.17, 15) is 0 Å². The molecule has 102 valence electrons. The van der Waals surface area contributed by atoms with Crippen LogP contribution in [0.5, 0.6) is 0 Å². The van der Waals surface area contributed by atoms with Crippen LogP contribution in [0.3, 0.4) is 0 Å². The Morgan fingerprint density at radius 2 is 2.00 bits per heavy atom. The van der Waals surface area contributed by atoms with Crippen molar-refractivity contribution < 1.29 is 0 Å². The number of nitrogens with one attached hydrogen (secondary N) is 1. The molecule has 1 aromatic heterocycles. The number of anilines is 1. The highest BCUT2D eigenvalue weighted by Gasteiger charge is 2.01. The van der Waals surface area contributed by atoms with Crippen LogP contribution in [-0.2, 0) is 6.54 Å². The van der Waals surface area contributed by atoms with Crippen LogP contribution in [0.4, 0.5) is 5.13 Å². The summed E-state index contributed by atoms with van der Waals surface area (Å²) in [5.41, 5.74) is 1.36.